The number of aliphatic hydroxyl groups is 1. The predicted molar refractivity (Wildman–Crippen MR) is 154 cm³/mol. The highest BCUT2D eigenvalue weighted by Crippen LogP contribution is 2.52. The second kappa shape index (κ2) is 11.0. The molecule has 12 heteroatoms. The molecule has 234 valence electrons. The standard InChI is InChI=1S/C31H41FN4O7/c1-6-7-36-12-17-22(32)16-9-14-10-18-24(35(4)5)27(39)21(30(33)42)29(41)31(18,43)28(40)19(14)25(37)20(16)26(38)23(17)34-11-15(36)8-13(2)3/h13-15,18-19,21,24,34,38,43H,6-12H2,1-5H3,(H2,33,42)/t14-,15+,18-,19?,21?,24-,31-/m0/s1. The van der Waals surface area contributed by atoms with Gasteiger partial charge in [-0.25, -0.2) is 4.39 Å². The van der Waals surface area contributed by atoms with Crippen molar-refractivity contribution >= 4 is 34.7 Å². The SMILES string of the molecule is CCCN1Cc2c(F)c3c(c(O)c2NC[C@H]1CC(C)C)C(=O)C1C(=O)[C@]2(O)C(=O)C(C(N)=O)C(=O)[C@@H](N(C)C)[C@@H]2C[C@@H]1C3. The monoisotopic (exact) mass is 600 g/mol. The molecule has 0 saturated heterocycles. The van der Waals surface area contributed by atoms with Gasteiger partial charge in [0.15, 0.2) is 34.7 Å². The number of likely N-dealkylation sites (N-methyl/N-ethyl adjacent to an activating group) is 1. The number of carbonyl (C=O) groups excluding carboxylic acids is 5. The Kier molecular flexibility index (Phi) is 8.02. The lowest BCUT2D eigenvalue weighted by atomic mass is 9.52. The molecule has 5 N–H and O–H groups in total. The summed E-state index contributed by atoms with van der Waals surface area (Å²) < 4.78 is 16.5. The molecule has 43 heavy (non-hydrogen) atoms. The van der Waals surface area contributed by atoms with Crippen LogP contribution in [0.3, 0.4) is 0 Å². The fraction of sp³-hybridized carbons (Fsp3) is 0.645. The minimum absolute atomic E-state index is 0.00817. The van der Waals surface area contributed by atoms with Gasteiger partial charge in [0, 0.05) is 36.2 Å². The maximum absolute atomic E-state index is 16.5. The minimum atomic E-state index is -2.82. The summed E-state index contributed by atoms with van der Waals surface area (Å²) in [7, 11) is 3.03. The number of fused-ring (bicyclic) bond motifs is 4. The average Bonchev–Trinajstić information content (AvgIpc) is 3.08. The van der Waals surface area contributed by atoms with Gasteiger partial charge in [-0.2, -0.15) is 0 Å². The Morgan fingerprint density at radius 3 is 2.44 bits per heavy atom. The highest BCUT2D eigenvalue weighted by molar-refractivity contribution is 6.32. The number of halogens is 1. The molecule has 0 radical (unpaired) electrons. The number of phenols is 1. The van der Waals surface area contributed by atoms with Crippen LogP contribution in [0.1, 0.15) is 61.5 Å². The van der Waals surface area contributed by atoms with Crippen LogP contribution in [0.15, 0.2) is 0 Å². The van der Waals surface area contributed by atoms with Gasteiger partial charge in [0.2, 0.25) is 5.91 Å². The van der Waals surface area contributed by atoms with E-state index >= 15 is 4.39 Å². The Bertz CT molecular complexity index is 1410. The molecule has 2 unspecified atom stereocenters. The number of hydrogen-bond donors (Lipinski definition) is 4. The summed E-state index contributed by atoms with van der Waals surface area (Å²) in [5.41, 5.74) is 2.56. The summed E-state index contributed by atoms with van der Waals surface area (Å²) in [5.74, 6) is -11.9. The van der Waals surface area contributed by atoms with E-state index in [0.29, 0.717) is 19.0 Å². The molecule has 3 aliphatic carbocycles. The van der Waals surface area contributed by atoms with Crippen LogP contribution < -0.4 is 11.1 Å². The minimum Gasteiger partial charge on any atom is -0.505 e. The highest BCUT2D eigenvalue weighted by Gasteiger charge is 2.69. The van der Waals surface area contributed by atoms with Gasteiger partial charge >= 0.3 is 0 Å². The van der Waals surface area contributed by atoms with Gasteiger partial charge in [-0.05, 0) is 58.2 Å². The summed E-state index contributed by atoms with van der Waals surface area (Å²) in [6.07, 6.45) is 1.45. The van der Waals surface area contributed by atoms with Crippen molar-refractivity contribution in [2.75, 3.05) is 32.5 Å². The van der Waals surface area contributed by atoms with E-state index < -0.39 is 75.9 Å². The van der Waals surface area contributed by atoms with E-state index in [4.69, 9.17) is 5.73 Å². The number of carbonyl (C=O) groups is 5. The van der Waals surface area contributed by atoms with Gasteiger partial charge in [0.1, 0.15) is 11.6 Å². The third-order valence-electron chi connectivity index (χ3n) is 9.91. The number of aromatic hydroxyl groups is 1. The molecule has 1 heterocycles. The zero-order chi connectivity index (χ0) is 31.7. The van der Waals surface area contributed by atoms with Crippen molar-refractivity contribution in [1.82, 2.24) is 9.80 Å². The topological polar surface area (TPSA) is 170 Å². The number of hydrogen-bond acceptors (Lipinski definition) is 10. The molecule has 4 aliphatic rings. The maximum atomic E-state index is 16.5. The van der Waals surface area contributed by atoms with E-state index in [-0.39, 0.29) is 47.8 Å². The Balaban J connectivity index is 1.61. The van der Waals surface area contributed by atoms with E-state index in [0.717, 1.165) is 12.8 Å². The predicted octanol–water partition coefficient (Wildman–Crippen LogP) is 1.06. The molecule has 2 saturated carbocycles. The van der Waals surface area contributed by atoms with Crippen LogP contribution >= 0.6 is 0 Å². The van der Waals surface area contributed by atoms with E-state index in [1.54, 1.807) is 0 Å². The third-order valence-corrected chi connectivity index (χ3v) is 9.91. The quantitative estimate of drug-likeness (QED) is 0.273. The fourth-order valence-electron chi connectivity index (χ4n) is 8.10. The average molecular weight is 601 g/mol. The van der Waals surface area contributed by atoms with Crippen molar-refractivity contribution in [3.05, 3.63) is 22.5 Å². The van der Waals surface area contributed by atoms with Gasteiger partial charge < -0.3 is 21.3 Å². The lowest BCUT2D eigenvalue weighted by Crippen LogP contribution is -2.74. The smallest absolute Gasteiger partial charge is 0.235 e. The largest absolute Gasteiger partial charge is 0.505 e. The first-order chi connectivity index (χ1) is 20.2. The van der Waals surface area contributed by atoms with Crippen LogP contribution in [-0.4, -0.2) is 93.9 Å². The zero-order valence-corrected chi connectivity index (χ0v) is 25.3. The van der Waals surface area contributed by atoms with Crippen LogP contribution in [0.5, 0.6) is 5.75 Å². The number of rotatable bonds is 6. The first-order valence-electron chi connectivity index (χ1n) is 15.0. The Labute approximate surface area is 250 Å². The summed E-state index contributed by atoms with van der Waals surface area (Å²) in [6, 6.07) is -1.15. The molecule has 1 aromatic rings. The van der Waals surface area contributed by atoms with Crippen LogP contribution in [0.25, 0.3) is 0 Å². The number of nitrogens with zero attached hydrogens (tertiary/aromatic N) is 2. The third kappa shape index (κ3) is 4.60. The van der Waals surface area contributed by atoms with E-state index in [9.17, 15) is 34.2 Å². The Hall–Kier alpha value is -3.22. The van der Waals surface area contributed by atoms with Gasteiger partial charge in [0.25, 0.3) is 0 Å². The normalized spacial score (nSPS) is 32.6. The van der Waals surface area contributed by atoms with Gasteiger partial charge in [-0.3, -0.25) is 33.8 Å². The second-order valence-corrected chi connectivity index (χ2v) is 13.3. The lowest BCUT2D eigenvalue weighted by molar-refractivity contribution is -0.181. The summed E-state index contributed by atoms with van der Waals surface area (Å²) >= 11 is 0. The molecule has 2 fully saturated rings. The number of anilines is 1. The van der Waals surface area contributed by atoms with Crippen molar-refractivity contribution in [2.24, 2.45) is 35.3 Å². The lowest BCUT2D eigenvalue weighted by Gasteiger charge is -2.52. The van der Waals surface area contributed by atoms with Crippen molar-refractivity contribution in [3.8, 4) is 5.75 Å². The number of ketones is 4. The van der Waals surface area contributed by atoms with Crippen molar-refractivity contribution < 1.29 is 38.6 Å². The number of phenolic OH excluding ortho intramolecular Hbond substituents is 1. The molecule has 7 atom stereocenters. The first kappa shape index (κ1) is 31.2. The van der Waals surface area contributed by atoms with Crippen LogP contribution in [-0.2, 0) is 32.1 Å². The summed E-state index contributed by atoms with van der Waals surface area (Å²) in [4.78, 5) is 70.5. The number of nitrogens with two attached hydrogens (primary N) is 1. The molecule has 0 bridgehead atoms. The highest BCUT2D eigenvalue weighted by atomic mass is 19.1. The first-order valence-corrected chi connectivity index (χ1v) is 15.0. The van der Waals surface area contributed by atoms with Crippen molar-refractivity contribution in [1.29, 1.82) is 0 Å². The molecule has 1 aliphatic heterocycles. The molecule has 5 rings (SSSR count). The molecular weight excluding hydrogens is 559 g/mol. The molecule has 1 amide bonds. The van der Waals surface area contributed by atoms with Gasteiger partial charge in [-0.15, -0.1) is 0 Å². The number of primary amides is 1. The van der Waals surface area contributed by atoms with E-state index in [1.165, 1.54) is 19.0 Å². The number of Topliss-reactive ketones (excluding diaryl/α,β-unsaturated/α-hetero) is 4. The van der Waals surface area contributed by atoms with Crippen molar-refractivity contribution in [2.45, 2.75) is 70.7 Å². The van der Waals surface area contributed by atoms with Crippen LogP contribution in [0, 0.1) is 35.4 Å². The van der Waals surface area contributed by atoms with E-state index in [2.05, 4.69) is 24.1 Å². The molecular formula is C31H41FN4O7. The summed E-state index contributed by atoms with van der Waals surface area (Å²) in [6.45, 7) is 7.61. The molecule has 1 aromatic carbocycles. The maximum Gasteiger partial charge on any atom is 0.235 e. The zero-order valence-electron chi connectivity index (χ0n) is 25.3. The van der Waals surface area contributed by atoms with Gasteiger partial charge in [-0.1, -0.05) is 20.8 Å². The molecule has 11 nitrogen and oxygen atoms in total. The Morgan fingerprint density at radius 2 is 1.86 bits per heavy atom. The number of benzene rings is 1. The Morgan fingerprint density at radius 1 is 1.19 bits per heavy atom. The van der Waals surface area contributed by atoms with Crippen molar-refractivity contribution in [3.63, 3.8) is 0 Å². The van der Waals surface area contributed by atoms with Crippen LogP contribution in [0.4, 0.5) is 10.1 Å². The number of amides is 1. The van der Waals surface area contributed by atoms with Gasteiger partial charge in [0.05, 0.1) is 23.2 Å². The molecule has 0 aromatic heterocycles. The molecule has 0 spiro atoms. The van der Waals surface area contributed by atoms with Crippen LogP contribution in [0.2, 0.25) is 0 Å². The summed E-state index contributed by atoms with van der Waals surface area (Å²) in [5, 5.41) is 26.3. The number of nitrogens with one attached hydrogen (secondary N) is 1. The van der Waals surface area contributed by atoms with E-state index in [1.807, 2.05) is 6.92 Å². The second-order valence-electron chi connectivity index (χ2n) is 13.3. The fourth-order valence-corrected chi connectivity index (χ4v) is 8.10.